The van der Waals surface area contributed by atoms with Crippen LogP contribution in [0, 0.1) is 0 Å². The van der Waals surface area contributed by atoms with Crippen molar-refractivity contribution in [1.29, 1.82) is 0 Å². The highest BCUT2D eigenvalue weighted by Gasteiger charge is 2.31. The molecule has 0 amide bonds. The molecule has 1 aliphatic carbocycles. The van der Waals surface area contributed by atoms with Crippen molar-refractivity contribution in [3.05, 3.63) is 23.5 Å². The lowest BCUT2D eigenvalue weighted by molar-refractivity contribution is 0.174. The molecule has 2 aromatic rings. The van der Waals surface area contributed by atoms with Gasteiger partial charge in [0.15, 0.2) is 11.5 Å². The van der Waals surface area contributed by atoms with E-state index in [-0.39, 0.29) is 0 Å². The van der Waals surface area contributed by atoms with Gasteiger partial charge in [0.05, 0.1) is 6.54 Å². The summed E-state index contributed by atoms with van der Waals surface area (Å²) in [5.74, 6) is 3.10. The molecule has 0 atom stereocenters. The molecule has 1 saturated carbocycles. The first kappa shape index (κ1) is 9.36. The van der Waals surface area contributed by atoms with Crippen LogP contribution in [0.3, 0.4) is 0 Å². The standard InChI is InChI=1S/C13H13NO3/c14-5-12-13(7-1-2-7)8-3-10-11(16-6-15-10)4-9(8)17-12/h3-4,7H,1-2,5-6,14H2. The Morgan fingerprint density at radius 2 is 1.94 bits per heavy atom. The zero-order valence-electron chi connectivity index (χ0n) is 9.36. The summed E-state index contributed by atoms with van der Waals surface area (Å²) in [4.78, 5) is 0. The molecule has 0 saturated heterocycles. The van der Waals surface area contributed by atoms with Gasteiger partial charge >= 0.3 is 0 Å². The minimum absolute atomic E-state index is 0.296. The molecule has 88 valence electrons. The third-order valence-corrected chi connectivity index (χ3v) is 3.47. The largest absolute Gasteiger partial charge is 0.459 e. The van der Waals surface area contributed by atoms with E-state index in [0.717, 1.165) is 28.2 Å². The van der Waals surface area contributed by atoms with E-state index in [1.165, 1.54) is 18.4 Å². The van der Waals surface area contributed by atoms with Crippen molar-refractivity contribution >= 4 is 11.0 Å². The fourth-order valence-electron chi connectivity index (χ4n) is 2.53. The van der Waals surface area contributed by atoms with Gasteiger partial charge in [-0.2, -0.15) is 0 Å². The number of fused-ring (bicyclic) bond motifs is 2. The van der Waals surface area contributed by atoms with Gasteiger partial charge in [0.25, 0.3) is 0 Å². The van der Waals surface area contributed by atoms with E-state index in [2.05, 4.69) is 0 Å². The second-order valence-corrected chi connectivity index (χ2v) is 4.62. The summed E-state index contributed by atoms with van der Waals surface area (Å²) >= 11 is 0. The van der Waals surface area contributed by atoms with Crippen LogP contribution in [-0.4, -0.2) is 6.79 Å². The molecule has 4 rings (SSSR count). The van der Waals surface area contributed by atoms with E-state index in [4.69, 9.17) is 19.6 Å². The van der Waals surface area contributed by atoms with Gasteiger partial charge in [-0.3, -0.25) is 0 Å². The first-order chi connectivity index (χ1) is 8.36. The number of benzene rings is 1. The fraction of sp³-hybridized carbons (Fsp3) is 0.385. The summed E-state index contributed by atoms with van der Waals surface area (Å²) in [5.41, 5.74) is 7.88. The van der Waals surface area contributed by atoms with Gasteiger partial charge in [0.1, 0.15) is 11.3 Å². The Morgan fingerprint density at radius 3 is 2.65 bits per heavy atom. The van der Waals surface area contributed by atoms with Gasteiger partial charge in [-0.15, -0.1) is 0 Å². The van der Waals surface area contributed by atoms with Crippen molar-refractivity contribution < 1.29 is 13.9 Å². The molecule has 0 radical (unpaired) electrons. The van der Waals surface area contributed by atoms with Crippen molar-refractivity contribution in [2.75, 3.05) is 6.79 Å². The summed E-state index contributed by atoms with van der Waals surface area (Å²) in [7, 11) is 0. The van der Waals surface area contributed by atoms with Crippen molar-refractivity contribution in [2.45, 2.75) is 25.3 Å². The molecule has 1 fully saturated rings. The van der Waals surface area contributed by atoms with Gasteiger partial charge in [-0.05, 0) is 24.8 Å². The summed E-state index contributed by atoms with van der Waals surface area (Å²) in [6.07, 6.45) is 2.46. The van der Waals surface area contributed by atoms with Crippen LogP contribution in [0.25, 0.3) is 11.0 Å². The maximum Gasteiger partial charge on any atom is 0.231 e. The predicted molar refractivity (Wildman–Crippen MR) is 62.2 cm³/mol. The average molecular weight is 231 g/mol. The number of furan rings is 1. The highest BCUT2D eigenvalue weighted by atomic mass is 16.7. The normalized spacial score (nSPS) is 17.9. The van der Waals surface area contributed by atoms with Crippen LogP contribution in [0.4, 0.5) is 0 Å². The van der Waals surface area contributed by atoms with Crippen molar-refractivity contribution in [1.82, 2.24) is 0 Å². The lowest BCUT2D eigenvalue weighted by Crippen LogP contribution is -1.97. The molecule has 17 heavy (non-hydrogen) atoms. The minimum atomic E-state index is 0.296. The molecule has 4 heteroatoms. The zero-order valence-corrected chi connectivity index (χ0v) is 9.36. The summed E-state index contributed by atoms with van der Waals surface area (Å²) in [6, 6.07) is 3.93. The van der Waals surface area contributed by atoms with Crippen LogP contribution in [0.15, 0.2) is 16.5 Å². The number of hydrogen-bond acceptors (Lipinski definition) is 4. The molecule has 1 aromatic heterocycles. The Balaban J connectivity index is 2.00. The highest BCUT2D eigenvalue weighted by Crippen LogP contribution is 2.48. The van der Waals surface area contributed by atoms with Gasteiger partial charge in [-0.1, -0.05) is 0 Å². The van der Waals surface area contributed by atoms with E-state index >= 15 is 0 Å². The Morgan fingerprint density at radius 1 is 1.18 bits per heavy atom. The lowest BCUT2D eigenvalue weighted by atomic mass is 10.1. The molecule has 2 N–H and O–H groups in total. The van der Waals surface area contributed by atoms with Crippen LogP contribution in [0.5, 0.6) is 11.5 Å². The molecule has 0 unspecified atom stereocenters. The zero-order chi connectivity index (χ0) is 11.4. The molecule has 2 heterocycles. The molecule has 1 aromatic carbocycles. The smallest absolute Gasteiger partial charge is 0.231 e. The molecule has 4 nitrogen and oxygen atoms in total. The van der Waals surface area contributed by atoms with Gasteiger partial charge in [0.2, 0.25) is 6.79 Å². The maximum absolute atomic E-state index is 5.81. The Bertz CT molecular complexity index is 598. The second-order valence-electron chi connectivity index (χ2n) is 4.62. The van der Waals surface area contributed by atoms with Crippen LogP contribution >= 0.6 is 0 Å². The minimum Gasteiger partial charge on any atom is -0.459 e. The molecule has 1 aliphatic heterocycles. The molecular weight excluding hydrogens is 218 g/mol. The second kappa shape index (κ2) is 3.17. The van der Waals surface area contributed by atoms with Gasteiger partial charge < -0.3 is 19.6 Å². The highest BCUT2D eigenvalue weighted by molar-refractivity contribution is 5.87. The predicted octanol–water partition coefficient (Wildman–Crippen LogP) is 2.50. The Kier molecular flexibility index (Phi) is 1.74. The van der Waals surface area contributed by atoms with Gasteiger partial charge in [-0.25, -0.2) is 0 Å². The summed E-state index contributed by atoms with van der Waals surface area (Å²) < 4.78 is 16.6. The topological polar surface area (TPSA) is 57.6 Å². The van der Waals surface area contributed by atoms with Gasteiger partial charge in [0, 0.05) is 17.0 Å². The van der Waals surface area contributed by atoms with E-state index in [1.807, 2.05) is 12.1 Å². The van der Waals surface area contributed by atoms with E-state index < -0.39 is 0 Å². The summed E-state index contributed by atoms with van der Waals surface area (Å²) in [6.45, 7) is 0.747. The molecule has 0 spiro atoms. The van der Waals surface area contributed by atoms with Crippen molar-refractivity contribution in [3.8, 4) is 11.5 Å². The van der Waals surface area contributed by atoms with E-state index in [1.54, 1.807) is 0 Å². The third-order valence-electron chi connectivity index (χ3n) is 3.47. The quantitative estimate of drug-likeness (QED) is 0.862. The monoisotopic (exact) mass is 231 g/mol. The summed E-state index contributed by atoms with van der Waals surface area (Å²) in [5, 5.41) is 1.14. The Labute approximate surface area is 98.3 Å². The van der Waals surface area contributed by atoms with Crippen molar-refractivity contribution in [3.63, 3.8) is 0 Å². The Hall–Kier alpha value is -1.68. The number of nitrogens with two attached hydrogens (primary N) is 1. The number of ether oxygens (including phenoxy) is 2. The number of hydrogen-bond donors (Lipinski definition) is 1. The third kappa shape index (κ3) is 1.27. The lowest BCUT2D eigenvalue weighted by Gasteiger charge is -1.98. The number of rotatable bonds is 2. The molecular formula is C13H13NO3. The van der Waals surface area contributed by atoms with Crippen molar-refractivity contribution in [2.24, 2.45) is 5.73 Å². The maximum atomic E-state index is 5.81. The average Bonchev–Trinajstić information content (AvgIpc) is 2.96. The van der Waals surface area contributed by atoms with E-state index in [0.29, 0.717) is 19.3 Å². The SMILES string of the molecule is NCc1oc2cc3c(cc2c1C1CC1)OCO3. The first-order valence-electron chi connectivity index (χ1n) is 5.92. The first-order valence-corrected chi connectivity index (χ1v) is 5.92. The molecule has 0 bridgehead atoms. The van der Waals surface area contributed by atoms with E-state index in [9.17, 15) is 0 Å². The fourth-order valence-corrected chi connectivity index (χ4v) is 2.53. The van der Waals surface area contributed by atoms with Crippen LogP contribution in [-0.2, 0) is 6.54 Å². The van der Waals surface area contributed by atoms with Crippen LogP contribution in [0.2, 0.25) is 0 Å². The van der Waals surface area contributed by atoms with Crippen LogP contribution < -0.4 is 15.2 Å². The van der Waals surface area contributed by atoms with Crippen LogP contribution in [0.1, 0.15) is 30.1 Å². The molecule has 2 aliphatic rings.